The molecule has 0 spiro atoms. The van der Waals surface area contributed by atoms with Crippen LogP contribution >= 0.6 is 0 Å². The zero-order valence-corrected chi connectivity index (χ0v) is 13.8. The van der Waals surface area contributed by atoms with Crippen molar-refractivity contribution in [2.24, 2.45) is 0 Å². The standard InChI is InChI=1S/C19H26N2/c1-14(2)20-13-17-7-9-18(10-8-17)21(5)19-11-6-15(3)12-16(19)4/h6-12,14,20H,13H2,1-5H3. The van der Waals surface area contributed by atoms with Gasteiger partial charge < -0.3 is 10.2 Å². The van der Waals surface area contributed by atoms with Gasteiger partial charge in [-0.05, 0) is 43.2 Å². The Bertz CT molecular complexity index is 585. The lowest BCUT2D eigenvalue weighted by molar-refractivity contribution is 0.589. The molecular formula is C19H26N2. The van der Waals surface area contributed by atoms with E-state index < -0.39 is 0 Å². The van der Waals surface area contributed by atoms with Gasteiger partial charge in [-0.3, -0.25) is 0 Å². The average molecular weight is 282 g/mol. The minimum absolute atomic E-state index is 0.516. The largest absolute Gasteiger partial charge is 0.344 e. The van der Waals surface area contributed by atoms with Crippen molar-refractivity contribution < 1.29 is 0 Å². The summed E-state index contributed by atoms with van der Waals surface area (Å²) in [6, 6.07) is 15.9. The highest BCUT2D eigenvalue weighted by Gasteiger charge is 2.07. The quantitative estimate of drug-likeness (QED) is 0.864. The Morgan fingerprint density at radius 2 is 1.67 bits per heavy atom. The van der Waals surface area contributed by atoms with E-state index in [4.69, 9.17) is 0 Å². The van der Waals surface area contributed by atoms with Crippen molar-refractivity contribution in [3.05, 3.63) is 59.2 Å². The summed E-state index contributed by atoms with van der Waals surface area (Å²) in [5.74, 6) is 0. The van der Waals surface area contributed by atoms with Crippen LogP contribution in [0.5, 0.6) is 0 Å². The molecule has 21 heavy (non-hydrogen) atoms. The van der Waals surface area contributed by atoms with E-state index in [0.717, 1.165) is 6.54 Å². The van der Waals surface area contributed by atoms with Crippen LogP contribution in [-0.4, -0.2) is 13.1 Å². The number of anilines is 2. The van der Waals surface area contributed by atoms with Crippen LogP contribution in [0.4, 0.5) is 11.4 Å². The second kappa shape index (κ2) is 6.77. The lowest BCUT2D eigenvalue weighted by Gasteiger charge is -2.22. The van der Waals surface area contributed by atoms with Crippen LogP contribution in [0, 0.1) is 13.8 Å². The molecular weight excluding hydrogens is 256 g/mol. The monoisotopic (exact) mass is 282 g/mol. The molecule has 2 heteroatoms. The first kappa shape index (κ1) is 15.6. The number of hydrogen-bond donors (Lipinski definition) is 1. The third kappa shape index (κ3) is 4.08. The molecule has 2 aromatic rings. The van der Waals surface area contributed by atoms with Gasteiger partial charge in [0.1, 0.15) is 0 Å². The highest BCUT2D eigenvalue weighted by molar-refractivity contribution is 5.66. The minimum atomic E-state index is 0.516. The fraction of sp³-hybridized carbons (Fsp3) is 0.368. The van der Waals surface area contributed by atoms with E-state index in [2.05, 4.69) is 87.4 Å². The van der Waals surface area contributed by atoms with E-state index in [1.54, 1.807) is 0 Å². The van der Waals surface area contributed by atoms with Crippen molar-refractivity contribution in [2.75, 3.05) is 11.9 Å². The number of hydrogen-bond acceptors (Lipinski definition) is 2. The third-order valence-corrected chi connectivity index (χ3v) is 3.75. The summed E-state index contributed by atoms with van der Waals surface area (Å²) in [5.41, 5.74) is 6.41. The molecule has 2 nitrogen and oxygen atoms in total. The first-order valence-electron chi connectivity index (χ1n) is 7.60. The second-order valence-corrected chi connectivity index (χ2v) is 6.05. The van der Waals surface area contributed by atoms with E-state index >= 15 is 0 Å². The Hall–Kier alpha value is -1.80. The van der Waals surface area contributed by atoms with E-state index in [1.165, 1.54) is 28.1 Å². The predicted molar refractivity (Wildman–Crippen MR) is 92.4 cm³/mol. The molecule has 0 aliphatic heterocycles. The van der Waals surface area contributed by atoms with Crippen LogP contribution in [0.25, 0.3) is 0 Å². The van der Waals surface area contributed by atoms with E-state index in [1.807, 2.05) is 0 Å². The van der Waals surface area contributed by atoms with Crippen molar-refractivity contribution in [3.8, 4) is 0 Å². The summed E-state index contributed by atoms with van der Waals surface area (Å²) >= 11 is 0. The number of aryl methyl sites for hydroxylation is 2. The molecule has 0 aromatic heterocycles. The van der Waals surface area contributed by atoms with Gasteiger partial charge in [0.25, 0.3) is 0 Å². The molecule has 0 radical (unpaired) electrons. The van der Waals surface area contributed by atoms with Gasteiger partial charge >= 0.3 is 0 Å². The van der Waals surface area contributed by atoms with Crippen molar-refractivity contribution in [1.29, 1.82) is 0 Å². The van der Waals surface area contributed by atoms with Gasteiger partial charge in [0.05, 0.1) is 0 Å². The van der Waals surface area contributed by atoms with Crippen LogP contribution in [0.1, 0.15) is 30.5 Å². The number of nitrogens with one attached hydrogen (secondary N) is 1. The summed E-state index contributed by atoms with van der Waals surface area (Å²) in [6.45, 7) is 9.56. The average Bonchev–Trinajstić information content (AvgIpc) is 2.45. The van der Waals surface area contributed by atoms with Crippen LogP contribution in [0.2, 0.25) is 0 Å². The summed E-state index contributed by atoms with van der Waals surface area (Å²) in [4.78, 5) is 2.24. The van der Waals surface area contributed by atoms with Crippen molar-refractivity contribution in [3.63, 3.8) is 0 Å². The highest BCUT2D eigenvalue weighted by Crippen LogP contribution is 2.27. The van der Waals surface area contributed by atoms with Gasteiger partial charge in [0.15, 0.2) is 0 Å². The molecule has 0 heterocycles. The maximum Gasteiger partial charge on any atom is 0.0437 e. The smallest absolute Gasteiger partial charge is 0.0437 e. The molecule has 0 saturated carbocycles. The Morgan fingerprint density at radius 1 is 1.00 bits per heavy atom. The Morgan fingerprint density at radius 3 is 2.24 bits per heavy atom. The summed E-state index contributed by atoms with van der Waals surface area (Å²) in [5, 5.41) is 3.44. The lowest BCUT2D eigenvalue weighted by Crippen LogP contribution is -2.21. The minimum Gasteiger partial charge on any atom is -0.344 e. The van der Waals surface area contributed by atoms with Crippen molar-refractivity contribution >= 4 is 11.4 Å². The fourth-order valence-corrected chi connectivity index (χ4v) is 2.48. The molecule has 0 amide bonds. The normalized spacial score (nSPS) is 11.0. The first-order chi connectivity index (χ1) is 9.97. The van der Waals surface area contributed by atoms with Gasteiger partial charge in [-0.2, -0.15) is 0 Å². The van der Waals surface area contributed by atoms with Crippen LogP contribution in [-0.2, 0) is 6.54 Å². The van der Waals surface area contributed by atoms with E-state index in [-0.39, 0.29) is 0 Å². The number of nitrogens with zero attached hydrogens (tertiary/aromatic N) is 1. The Balaban J connectivity index is 2.14. The zero-order chi connectivity index (χ0) is 15.4. The number of benzene rings is 2. The van der Waals surface area contributed by atoms with Gasteiger partial charge in [-0.25, -0.2) is 0 Å². The molecule has 0 unspecified atom stereocenters. The van der Waals surface area contributed by atoms with E-state index in [9.17, 15) is 0 Å². The van der Waals surface area contributed by atoms with Gasteiger partial charge in [-0.15, -0.1) is 0 Å². The Labute approximate surface area is 128 Å². The van der Waals surface area contributed by atoms with Crippen LogP contribution in [0.3, 0.4) is 0 Å². The molecule has 0 atom stereocenters. The van der Waals surface area contributed by atoms with E-state index in [0.29, 0.717) is 6.04 Å². The predicted octanol–water partition coefficient (Wildman–Crippen LogP) is 4.57. The summed E-state index contributed by atoms with van der Waals surface area (Å²) in [7, 11) is 2.12. The SMILES string of the molecule is Cc1ccc(N(C)c2ccc(CNC(C)C)cc2)c(C)c1. The molecule has 2 rings (SSSR count). The van der Waals surface area contributed by atoms with Crippen molar-refractivity contribution in [1.82, 2.24) is 5.32 Å². The van der Waals surface area contributed by atoms with Gasteiger partial charge in [0, 0.05) is 31.0 Å². The highest BCUT2D eigenvalue weighted by atomic mass is 15.1. The molecule has 0 aliphatic carbocycles. The lowest BCUT2D eigenvalue weighted by atomic mass is 10.1. The van der Waals surface area contributed by atoms with Gasteiger partial charge in [-0.1, -0.05) is 43.7 Å². The van der Waals surface area contributed by atoms with Crippen LogP contribution in [0.15, 0.2) is 42.5 Å². The molecule has 0 bridgehead atoms. The van der Waals surface area contributed by atoms with Crippen molar-refractivity contribution in [2.45, 2.75) is 40.3 Å². The molecule has 0 aliphatic rings. The summed E-state index contributed by atoms with van der Waals surface area (Å²) < 4.78 is 0. The topological polar surface area (TPSA) is 15.3 Å². The molecule has 112 valence electrons. The Kier molecular flexibility index (Phi) is 5.03. The molecule has 2 aromatic carbocycles. The maximum atomic E-state index is 3.44. The maximum absolute atomic E-state index is 3.44. The summed E-state index contributed by atoms with van der Waals surface area (Å²) in [6.07, 6.45) is 0. The molecule has 0 saturated heterocycles. The molecule has 0 fully saturated rings. The molecule has 1 N–H and O–H groups in total. The third-order valence-electron chi connectivity index (χ3n) is 3.75. The number of rotatable bonds is 5. The van der Waals surface area contributed by atoms with Gasteiger partial charge in [0.2, 0.25) is 0 Å². The second-order valence-electron chi connectivity index (χ2n) is 6.05. The van der Waals surface area contributed by atoms with Crippen LogP contribution < -0.4 is 10.2 Å². The zero-order valence-electron chi connectivity index (χ0n) is 13.8. The fourth-order valence-electron chi connectivity index (χ4n) is 2.48. The first-order valence-corrected chi connectivity index (χ1v) is 7.60.